The van der Waals surface area contributed by atoms with Crippen molar-refractivity contribution in [2.45, 2.75) is 82.4 Å². The van der Waals surface area contributed by atoms with Crippen LogP contribution in [0, 0.1) is 0 Å². The van der Waals surface area contributed by atoms with E-state index in [2.05, 4.69) is 5.32 Å². The molecule has 0 bridgehead atoms. The molecule has 16 nitrogen and oxygen atoms in total. The van der Waals surface area contributed by atoms with Gasteiger partial charge < -0.3 is 55.4 Å². The molecule has 262 valence electrons. The van der Waals surface area contributed by atoms with Crippen molar-refractivity contribution in [2.75, 3.05) is 40.0 Å². The van der Waals surface area contributed by atoms with E-state index in [1.54, 1.807) is 12.1 Å². The second kappa shape index (κ2) is 20.1. The number of carbonyl (C=O) groups excluding carboxylic acids is 3. The smallest absolute Gasteiger partial charge is 0.404 e. The predicted molar refractivity (Wildman–Crippen MR) is 169 cm³/mol. The molecule has 6 atom stereocenters. The summed E-state index contributed by atoms with van der Waals surface area (Å²) in [5, 5.41) is 42.3. The fourth-order valence-corrected chi connectivity index (χ4v) is 5.17. The highest BCUT2D eigenvalue weighted by molar-refractivity contribution is 7.92. The first kappa shape index (κ1) is 39.8. The zero-order valence-corrected chi connectivity index (χ0v) is 27.7. The van der Waals surface area contributed by atoms with Crippen LogP contribution in [-0.4, -0.2) is 125 Å². The van der Waals surface area contributed by atoms with Crippen LogP contribution >= 0.6 is 25.7 Å². The highest BCUT2D eigenvalue weighted by atomic mass is 32.2. The molecule has 0 aliphatic carbocycles. The molecule has 2 saturated heterocycles. The third-order valence-electron chi connectivity index (χ3n) is 7.32. The van der Waals surface area contributed by atoms with E-state index in [-0.39, 0.29) is 70.1 Å². The van der Waals surface area contributed by atoms with E-state index >= 15 is 0 Å². The Morgan fingerprint density at radius 3 is 2.65 bits per heavy atom. The quantitative estimate of drug-likeness (QED) is 0.0513. The molecular formula is C28H46N4O12S2. The Labute approximate surface area is 279 Å². The molecule has 1 aromatic rings. The zero-order chi connectivity index (χ0) is 32.9. The normalized spacial score (nSPS) is 24.5. The van der Waals surface area contributed by atoms with Crippen LogP contribution < -0.4 is 15.8 Å². The summed E-state index contributed by atoms with van der Waals surface area (Å²) in [7, 11) is 1.43. The maximum atomic E-state index is 12.6. The number of aliphatic hydroxyl groups is 3. The SMILES string of the molecule is CC1OC(Oc2cc(CCCCNC(=O)CN3C(=O)CC[C@H]3COCCOSN(C)O)ccc2COC(N)=O)[C@H](O)C(O)[C@@H]1O.S. The number of nitrogens with one attached hydrogen (secondary N) is 1. The van der Waals surface area contributed by atoms with Gasteiger partial charge in [0.05, 0.1) is 38.5 Å². The Balaban J connectivity index is 0.00000736. The molecule has 18 heteroatoms. The molecule has 1 aromatic carbocycles. The van der Waals surface area contributed by atoms with Gasteiger partial charge in [0, 0.05) is 25.6 Å². The van der Waals surface area contributed by atoms with Crippen molar-refractivity contribution in [3.63, 3.8) is 0 Å². The number of likely N-dealkylation sites (tertiary alicyclic amines) is 1. The summed E-state index contributed by atoms with van der Waals surface area (Å²) < 4.78 is 27.8. The fraction of sp³-hybridized carbons (Fsp3) is 0.679. The number of rotatable bonds is 18. The standard InChI is InChI=1S/C28H44N4O12S.H2S/c1-17-24(35)25(36)26(37)27(43-17)44-21-13-18(6-7-19(21)15-41-28(29)38)5-3-4-10-30-22(33)14-32-20(8-9-23(32)34)16-40-11-12-42-45-31(2)39;/h6-7,13,17,20,24-27,35-37,39H,3-5,8-12,14-16H2,1-2H3,(H2,29,38)(H,30,33);1H2/t17?,20-,24+,25?,26+,27?;/m0./s1. The third kappa shape index (κ3) is 12.7. The number of primary amides is 1. The minimum Gasteiger partial charge on any atom is -0.462 e. The van der Waals surface area contributed by atoms with Crippen LogP contribution in [0.3, 0.4) is 0 Å². The lowest BCUT2D eigenvalue weighted by atomic mass is 10.00. The number of hydrogen-bond acceptors (Lipinski definition) is 14. The third-order valence-corrected chi connectivity index (χ3v) is 7.80. The van der Waals surface area contributed by atoms with E-state index in [4.69, 9.17) is 34.1 Å². The molecule has 2 aliphatic heterocycles. The van der Waals surface area contributed by atoms with E-state index in [1.165, 1.54) is 18.9 Å². The molecule has 2 fully saturated rings. The van der Waals surface area contributed by atoms with Crippen LogP contribution in [0.15, 0.2) is 18.2 Å². The molecule has 0 radical (unpaired) electrons. The number of amides is 3. The molecule has 3 unspecified atom stereocenters. The van der Waals surface area contributed by atoms with E-state index in [0.29, 0.717) is 44.2 Å². The Bertz CT molecular complexity index is 1120. The zero-order valence-electron chi connectivity index (χ0n) is 25.9. The molecular weight excluding hydrogens is 648 g/mol. The molecule has 46 heavy (non-hydrogen) atoms. The monoisotopic (exact) mass is 694 g/mol. The van der Waals surface area contributed by atoms with Crippen LogP contribution in [-0.2, 0) is 41.0 Å². The highest BCUT2D eigenvalue weighted by Crippen LogP contribution is 2.28. The molecule has 2 aliphatic rings. The van der Waals surface area contributed by atoms with Crippen LogP contribution in [0.25, 0.3) is 0 Å². The van der Waals surface area contributed by atoms with Gasteiger partial charge in [-0.2, -0.15) is 13.5 Å². The van der Waals surface area contributed by atoms with E-state index in [0.717, 1.165) is 22.3 Å². The van der Waals surface area contributed by atoms with Crippen molar-refractivity contribution in [3.05, 3.63) is 29.3 Å². The predicted octanol–water partition coefficient (Wildman–Crippen LogP) is -0.0517. The fourth-order valence-electron chi connectivity index (χ4n) is 4.87. The summed E-state index contributed by atoms with van der Waals surface area (Å²) in [6, 6.07) is 5.02. The lowest BCUT2D eigenvalue weighted by molar-refractivity contribution is -0.268. The van der Waals surface area contributed by atoms with Crippen molar-refractivity contribution < 1.29 is 58.0 Å². The Hall–Kier alpha value is -2.39. The van der Waals surface area contributed by atoms with E-state index in [1.807, 2.05) is 6.07 Å². The Morgan fingerprint density at radius 2 is 1.93 bits per heavy atom. The van der Waals surface area contributed by atoms with Gasteiger partial charge in [0.1, 0.15) is 42.9 Å². The lowest BCUT2D eigenvalue weighted by Crippen LogP contribution is -2.58. The van der Waals surface area contributed by atoms with Crippen molar-refractivity contribution >= 4 is 43.6 Å². The van der Waals surface area contributed by atoms with Gasteiger partial charge in [-0.05, 0) is 44.2 Å². The number of hydroxylamine groups is 1. The van der Waals surface area contributed by atoms with Crippen LogP contribution in [0.2, 0.25) is 0 Å². The number of unbranched alkanes of at least 4 members (excludes halogenated alkanes) is 1. The summed E-state index contributed by atoms with van der Waals surface area (Å²) >= 11 is 0.783. The number of nitrogens with two attached hydrogens (primary N) is 1. The first-order chi connectivity index (χ1) is 21.5. The topological polar surface area (TPSA) is 223 Å². The van der Waals surface area contributed by atoms with Crippen molar-refractivity contribution in [3.8, 4) is 5.75 Å². The highest BCUT2D eigenvalue weighted by Gasteiger charge is 2.43. The maximum Gasteiger partial charge on any atom is 0.404 e. The second-order valence-electron chi connectivity index (χ2n) is 10.8. The number of aryl methyl sites for hydroxylation is 1. The molecule has 3 rings (SSSR count). The van der Waals surface area contributed by atoms with Gasteiger partial charge in [0.2, 0.25) is 18.1 Å². The summed E-state index contributed by atoms with van der Waals surface area (Å²) in [6.45, 7) is 2.53. The molecule has 0 spiro atoms. The Morgan fingerprint density at radius 1 is 1.17 bits per heavy atom. The van der Waals surface area contributed by atoms with Gasteiger partial charge in [-0.15, -0.1) is 4.47 Å². The second-order valence-corrected chi connectivity index (χ2v) is 11.7. The molecule has 7 N–H and O–H groups in total. The molecule has 3 amide bonds. The average molecular weight is 695 g/mol. The van der Waals surface area contributed by atoms with E-state index < -0.39 is 36.8 Å². The summed E-state index contributed by atoms with van der Waals surface area (Å²) in [4.78, 5) is 37.6. The van der Waals surface area contributed by atoms with Gasteiger partial charge in [0.15, 0.2) is 0 Å². The number of nitrogens with zero attached hydrogens (tertiary/aromatic N) is 2. The number of aliphatic hydroxyl groups excluding tert-OH is 3. The number of carbonyl (C=O) groups is 3. The summed E-state index contributed by atoms with van der Waals surface area (Å²) in [6.07, 6.45) is -4.41. The summed E-state index contributed by atoms with van der Waals surface area (Å²) in [5.74, 6) is -0.107. The van der Waals surface area contributed by atoms with Gasteiger partial charge in [-0.25, -0.2) is 4.79 Å². The first-order valence-electron chi connectivity index (χ1n) is 14.7. The van der Waals surface area contributed by atoms with E-state index in [9.17, 15) is 29.7 Å². The van der Waals surface area contributed by atoms with Crippen molar-refractivity contribution in [2.24, 2.45) is 5.73 Å². The van der Waals surface area contributed by atoms with Gasteiger partial charge in [0.25, 0.3) is 0 Å². The number of ether oxygens (including phenoxy) is 4. The van der Waals surface area contributed by atoms with Gasteiger partial charge >= 0.3 is 6.09 Å². The molecule has 0 saturated carbocycles. The largest absolute Gasteiger partial charge is 0.462 e. The van der Waals surface area contributed by atoms with Gasteiger partial charge in [-0.1, -0.05) is 12.1 Å². The van der Waals surface area contributed by atoms with Crippen LogP contribution in [0.5, 0.6) is 5.75 Å². The molecule has 2 heterocycles. The number of hydrogen-bond donors (Lipinski definition) is 6. The minimum atomic E-state index is -1.52. The lowest BCUT2D eigenvalue weighted by Gasteiger charge is -2.39. The minimum absolute atomic E-state index is 0. The molecule has 0 aromatic heterocycles. The first-order valence-corrected chi connectivity index (χ1v) is 15.4. The van der Waals surface area contributed by atoms with Crippen LogP contribution in [0.1, 0.15) is 43.7 Å². The Kier molecular flexibility index (Phi) is 17.4. The van der Waals surface area contributed by atoms with Crippen molar-refractivity contribution in [1.82, 2.24) is 14.7 Å². The van der Waals surface area contributed by atoms with Gasteiger partial charge in [-0.3, -0.25) is 13.8 Å². The summed E-state index contributed by atoms with van der Waals surface area (Å²) in [5.41, 5.74) is 6.41. The average Bonchev–Trinajstić information content (AvgIpc) is 3.33. The van der Waals surface area contributed by atoms with Crippen LogP contribution in [0.4, 0.5) is 4.79 Å². The maximum absolute atomic E-state index is 12.6. The van der Waals surface area contributed by atoms with Crippen molar-refractivity contribution in [1.29, 1.82) is 0 Å². The number of benzene rings is 1.